The number of rotatable bonds is 4. The number of carbonyl (C=O) groups is 1. The molecule has 0 bridgehead atoms. The molecule has 3 aromatic rings. The van der Waals surface area contributed by atoms with Crippen LogP contribution in [0.4, 0.5) is 0 Å². The number of esters is 1. The molecule has 0 radical (unpaired) electrons. The Hall–Kier alpha value is -2.54. The van der Waals surface area contributed by atoms with Crippen LogP contribution in [0.1, 0.15) is 5.56 Å². The van der Waals surface area contributed by atoms with Gasteiger partial charge in [-0.3, -0.25) is 9.59 Å². The Morgan fingerprint density at radius 1 is 1.13 bits per heavy atom. The first-order valence-corrected chi connectivity index (χ1v) is 7.65. The molecule has 0 saturated heterocycles. The number of hydrogen-bond acceptors (Lipinski definition) is 5. The summed E-state index contributed by atoms with van der Waals surface area (Å²) in [5.74, 6) is -0.436. The van der Waals surface area contributed by atoms with Gasteiger partial charge in [0.1, 0.15) is 5.52 Å². The number of hydrogen-bond donors (Lipinski definition) is 0. The van der Waals surface area contributed by atoms with Gasteiger partial charge >= 0.3 is 5.97 Å². The number of nitrogens with zero attached hydrogens (tertiary/aromatic N) is 3. The van der Waals surface area contributed by atoms with Crippen LogP contribution < -0.4 is 5.56 Å². The molecule has 0 fully saturated rings. The summed E-state index contributed by atoms with van der Waals surface area (Å²) in [6.45, 7) is -0.258. The van der Waals surface area contributed by atoms with Crippen molar-refractivity contribution in [2.24, 2.45) is 0 Å². The molecule has 0 atom stereocenters. The molecular weight excluding hydrogens is 362 g/mol. The van der Waals surface area contributed by atoms with E-state index in [-0.39, 0.29) is 18.7 Å². The van der Waals surface area contributed by atoms with E-state index in [9.17, 15) is 9.59 Å². The molecule has 0 N–H and O–H groups in total. The second kappa shape index (κ2) is 6.70. The fourth-order valence-corrected chi connectivity index (χ4v) is 2.33. The molecule has 0 spiro atoms. The molecule has 6 nitrogen and oxygen atoms in total. The first-order chi connectivity index (χ1) is 11.1. The van der Waals surface area contributed by atoms with E-state index in [4.69, 9.17) is 4.74 Å². The zero-order valence-electron chi connectivity index (χ0n) is 12.0. The van der Waals surface area contributed by atoms with E-state index >= 15 is 0 Å². The lowest BCUT2D eigenvalue weighted by Gasteiger charge is -2.06. The standard InChI is InChI=1S/C16H12BrN3O3/c17-12-7-5-11(6-8-12)9-15(21)23-10-20-16(22)13-3-1-2-4-14(13)18-19-20/h1-8H,9-10H2. The molecule has 0 aliphatic rings. The van der Waals surface area contributed by atoms with Gasteiger partial charge in [-0.1, -0.05) is 45.4 Å². The Morgan fingerprint density at radius 3 is 2.65 bits per heavy atom. The van der Waals surface area contributed by atoms with Crippen LogP contribution in [0.5, 0.6) is 0 Å². The number of aromatic nitrogens is 3. The third-order valence-electron chi connectivity index (χ3n) is 3.24. The van der Waals surface area contributed by atoms with Crippen molar-refractivity contribution >= 4 is 32.8 Å². The van der Waals surface area contributed by atoms with Crippen LogP contribution in [0, 0.1) is 0 Å². The van der Waals surface area contributed by atoms with Crippen molar-refractivity contribution in [3.8, 4) is 0 Å². The summed E-state index contributed by atoms with van der Waals surface area (Å²) < 4.78 is 7.07. The Kier molecular flexibility index (Phi) is 4.47. The van der Waals surface area contributed by atoms with Gasteiger partial charge in [-0.25, -0.2) is 0 Å². The van der Waals surface area contributed by atoms with Gasteiger partial charge in [0.05, 0.1) is 11.8 Å². The number of ether oxygens (including phenoxy) is 1. The molecule has 116 valence electrons. The predicted molar refractivity (Wildman–Crippen MR) is 87.7 cm³/mol. The highest BCUT2D eigenvalue weighted by Crippen LogP contribution is 2.11. The molecule has 0 unspecified atom stereocenters. The van der Waals surface area contributed by atoms with Crippen molar-refractivity contribution < 1.29 is 9.53 Å². The minimum atomic E-state index is -0.436. The zero-order chi connectivity index (χ0) is 16.2. The molecule has 0 aliphatic heterocycles. The molecule has 7 heteroatoms. The lowest BCUT2D eigenvalue weighted by atomic mass is 10.2. The van der Waals surface area contributed by atoms with Crippen molar-refractivity contribution in [2.75, 3.05) is 0 Å². The SMILES string of the molecule is O=C(Cc1ccc(Br)cc1)OCn1nnc2ccccc2c1=O. The van der Waals surface area contributed by atoms with Crippen LogP contribution in [0.15, 0.2) is 57.8 Å². The van der Waals surface area contributed by atoms with Crippen LogP contribution >= 0.6 is 15.9 Å². The number of halogens is 1. The zero-order valence-corrected chi connectivity index (χ0v) is 13.6. The Bertz CT molecular complexity index is 906. The first-order valence-electron chi connectivity index (χ1n) is 6.86. The van der Waals surface area contributed by atoms with Gasteiger partial charge in [0, 0.05) is 4.47 Å². The minimum absolute atomic E-state index is 0.128. The van der Waals surface area contributed by atoms with Crippen molar-refractivity contribution in [2.45, 2.75) is 13.2 Å². The molecule has 0 saturated carbocycles. The first kappa shape index (κ1) is 15.4. The molecule has 3 rings (SSSR count). The van der Waals surface area contributed by atoms with Gasteiger partial charge in [-0.15, -0.1) is 5.10 Å². The maximum Gasteiger partial charge on any atom is 0.312 e. The number of benzene rings is 2. The average molecular weight is 374 g/mol. The summed E-state index contributed by atoms with van der Waals surface area (Å²) in [6.07, 6.45) is 0.128. The summed E-state index contributed by atoms with van der Waals surface area (Å²) in [5, 5.41) is 8.13. The Balaban J connectivity index is 1.68. The minimum Gasteiger partial charge on any atom is -0.442 e. The van der Waals surface area contributed by atoms with Crippen LogP contribution in [0.3, 0.4) is 0 Å². The highest BCUT2D eigenvalue weighted by Gasteiger charge is 2.08. The Labute approximate surface area is 139 Å². The average Bonchev–Trinajstić information content (AvgIpc) is 2.57. The second-order valence-electron chi connectivity index (χ2n) is 4.86. The summed E-state index contributed by atoms with van der Waals surface area (Å²) in [7, 11) is 0. The molecule has 0 amide bonds. The van der Waals surface area contributed by atoms with Gasteiger partial charge in [0.15, 0.2) is 6.73 Å². The third kappa shape index (κ3) is 3.62. The number of carbonyl (C=O) groups excluding carboxylic acids is 1. The summed E-state index contributed by atoms with van der Waals surface area (Å²) in [4.78, 5) is 24.0. The van der Waals surface area contributed by atoms with E-state index in [1.54, 1.807) is 24.3 Å². The van der Waals surface area contributed by atoms with Gasteiger partial charge in [-0.2, -0.15) is 4.68 Å². The normalized spacial score (nSPS) is 10.7. The summed E-state index contributed by atoms with van der Waals surface area (Å²) in [5.41, 5.74) is 0.997. The van der Waals surface area contributed by atoms with E-state index in [0.717, 1.165) is 14.7 Å². The molecule has 23 heavy (non-hydrogen) atoms. The largest absolute Gasteiger partial charge is 0.442 e. The smallest absolute Gasteiger partial charge is 0.312 e. The quantitative estimate of drug-likeness (QED) is 0.656. The summed E-state index contributed by atoms with van der Waals surface area (Å²) >= 11 is 3.33. The van der Waals surface area contributed by atoms with Gasteiger partial charge in [0.25, 0.3) is 5.56 Å². The second-order valence-corrected chi connectivity index (χ2v) is 5.78. The van der Waals surface area contributed by atoms with Gasteiger partial charge < -0.3 is 4.74 Å². The fourth-order valence-electron chi connectivity index (χ4n) is 2.06. The van der Waals surface area contributed by atoms with Crippen LogP contribution in [0.25, 0.3) is 10.9 Å². The van der Waals surface area contributed by atoms with Crippen molar-refractivity contribution in [3.63, 3.8) is 0 Å². The van der Waals surface area contributed by atoms with E-state index in [1.807, 2.05) is 24.3 Å². The third-order valence-corrected chi connectivity index (χ3v) is 3.77. The van der Waals surface area contributed by atoms with Crippen molar-refractivity contribution in [3.05, 3.63) is 68.9 Å². The van der Waals surface area contributed by atoms with E-state index < -0.39 is 5.97 Å². The lowest BCUT2D eigenvalue weighted by molar-refractivity contribution is -0.147. The van der Waals surface area contributed by atoms with E-state index in [2.05, 4.69) is 26.2 Å². The lowest BCUT2D eigenvalue weighted by Crippen LogP contribution is -2.26. The predicted octanol–water partition coefficient (Wildman–Crippen LogP) is 2.30. The van der Waals surface area contributed by atoms with E-state index in [1.165, 1.54) is 0 Å². The maximum atomic E-state index is 12.2. The van der Waals surface area contributed by atoms with Crippen molar-refractivity contribution in [1.29, 1.82) is 0 Å². The fraction of sp³-hybridized carbons (Fsp3) is 0.125. The van der Waals surface area contributed by atoms with Gasteiger partial charge in [0.2, 0.25) is 0 Å². The highest BCUT2D eigenvalue weighted by atomic mass is 79.9. The monoisotopic (exact) mass is 373 g/mol. The molecule has 0 aliphatic carbocycles. The number of fused-ring (bicyclic) bond motifs is 1. The highest BCUT2D eigenvalue weighted by molar-refractivity contribution is 9.10. The van der Waals surface area contributed by atoms with Crippen LogP contribution in [-0.2, 0) is 22.7 Å². The molecule has 2 aromatic carbocycles. The maximum absolute atomic E-state index is 12.2. The van der Waals surface area contributed by atoms with Crippen LogP contribution in [0.2, 0.25) is 0 Å². The summed E-state index contributed by atoms with van der Waals surface area (Å²) in [6, 6.07) is 14.2. The molecular formula is C16H12BrN3O3. The topological polar surface area (TPSA) is 74.1 Å². The molecule has 1 aromatic heterocycles. The van der Waals surface area contributed by atoms with E-state index in [0.29, 0.717) is 10.9 Å². The van der Waals surface area contributed by atoms with Crippen LogP contribution in [-0.4, -0.2) is 21.0 Å². The van der Waals surface area contributed by atoms with Crippen molar-refractivity contribution in [1.82, 2.24) is 15.0 Å². The Morgan fingerprint density at radius 2 is 1.87 bits per heavy atom. The molecule has 1 heterocycles. The van der Waals surface area contributed by atoms with Gasteiger partial charge in [-0.05, 0) is 29.8 Å².